The number of methoxy groups -OCH3 is 1. The maximum absolute atomic E-state index is 6.49. The second-order valence-electron chi connectivity index (χ2n) is 6.57. The van der Waals surface area contributed by atoms with Crippen LogP contribution in [0.5, 0.6) is 5.75 Å². The monoisotopic (exact) mass is 535 g/mol. The van der Waals surface area contributed by atoms with E-state index in [-0.39, 0.29) is 29.4 Å². The van der Waals surface area contributed by atoms with E-state index in [1.165, 1.54) is 0 Å². The van der Waals surface area contributed by atoms with Gasteiger partial charge in [-0.2, -0.15) is 0 Å². The third-order valence-corrected chi connectivity index (χ3v) is 5.41. The highest BCUT2D eigenvalue weighted by Gasteiger charge is 2.36. The zero-order valence-electron chi connectivity index (χ0n) is 15.6. The van der Waals surface area contributed by atoms with E-state index in [1.54, 1.807) is 13.2 Å². The lowest BCUT2D eigenvalue weighted by molar-refractivity contribution is 0.0532. The fourth-order valence-corrected chi connectivity index (χ4v) is 3.90. The number of ether oxygens (including phenoxy) is 2. The molecule has 1 aliphatic heterocycles. The molecule has 152 valence electrons. The Labute approximate surface area is 192 Å². The highest BCUT2D eigenvalue weighted by molar-refractivity contribution is 14.0. The highest BCUT2D eigenvalue weighted by Crippen LogP contribution is 2.40. The Kier molecular flexibility index (Phi) is 8.67. The van der Waals surface area contributed by atoms with Gasteiger partial charge in [-0.3, -0.25) is 4.99 Å². The molecule has 0 radical (unpaired) electrons. The second kappa shape index (κ2) is 10.5. The molecule has 0 spiro atoms. The first-order valence-corrected chi connectivity index (χ1v) is 9.52. The number of nitrogens with two attached hydrogens (primary N) is 1. The summed E-state index contributed by atoms with van der Waals surface area (Å²) < 4.78 is 10.7. The molecule has 1 aliphatic rings. The lowest BCUT2D eigenvalue weighted by atomic mass is 9.74. The number of hydrogen-bond donors (Lipinski definition) is 2. The summed E-state index contributed by atoms with van der Waals surface area (Å²) >= 11 is 12.6. The van der Waals surface area contributed by atoms with Gasteiger partial charge in [-0.15, -0.1) is 24.0 Å². The van der Waals surface area contributed by atoms with Crippen molar-refractivity contribution in [3.8, 4) is 5.75 Å². The maximum Gasteiger partial charge on any atom is 0.193 e. The molecule has 2 aromatic carbocycles. The van der Waals surface area contributed by atoms with Crippen molar-refractivity contribution in [3.63, 3.8) is 0 Å². The van der Waals surface area contributed by atoms with Gasteiger partial charge >= 0.3 is 0 Å². The third kappa shape index (κ3) is 5.65. The molecule has 0 atom stereocenters. The lowest BCUT2D eigenvalue weighted by Crippen LogP contribution is -2.38. The molecule has 0 bridgehead atoms. The molecule has 8 heteroatoms. The quantitative estimate of drug-likeness (QED) is 0.318. The number of anilines is 1. The predicted molar refractivity (Wildman–Crippen MR) is 127 cm³/mol. The van der Waals surface area contributed by atoms with E-state index in [1.807, 2.05) is 36.4 Å². The molecule has 28 heavy (non-hydrogen) atoms. The normalized spacial score (nSPS) is 16.2. The van der Waals surface area contributed by atoms with Crippen molar-refractivity contribution in [3.05, 3.63) is 58.1 Å². The minimum atomic E-state index is -0.216. The summed E-state index contributed by atoms with van der Waals surface area (Å²) in [6, 6.07) is 13.1. The van der Waals surface area contributed by atoms with Crippen molar-refractivity contribution in [2.45, 2.75) is 18.3 Å². The molecule has 0 aliphatic carbocycles. The van der Waals surface area contributed by atoms with Gasteiger partial charge in [0.2, 0.25) is 0 Å². The van der Waals surface area contributed by atoms with Crippen molar-refractivity contribution in [1.82, 2.24) is 0 Å². The fraction of sp³-hybridized carbons (Fsp3) is 0.350. The molecular formula is C20H24Cl2IN3O2. The largest absolute Gasteiger partial charge is 0.497 e. The predicted octanol–water partition coefficient (Wildman–Crippen LogP) is 5.10. The van der Waals surface area contributed by atoms with Crippen molar-refractivity contribution in [2.24, 2.45) is 10.7 Å². The molecule has 0 aromatic heterocycles. The summed E-state index contributed by atoms with van der Waals surface area (Å²) in [5, 5.41) is 4.39. The Bertz CT molecular complexity index is 810. The summed E-state index contributed by atoms with van der Waals surface area (Å²) in [6.45, 7) is 1.85. The average Bonchev–Trinajstić information content (AvgIpc) is 2.68. The lowest BCUT2D eigenvalue weighted by Gasteiger charge is -2.37. The molecule has 3 N–H and O–H groups in total. The van der Waals surface area contributed by atoms with Crippen LogP contribution >= 0.6 is 47.2 Å². The number of nitrogens with one attached hydrogen (secondary N) is 1. The number of rotatable bonds is 5. The summed E-state index contributed by atoms with van der Waals surface area (Å²) in [7, 11) is 1.63. The summed E-state index contributed by atoms with van der Waals surface area (Å²) in [6.07, 6.45) is 1.65. The van der Waals surface area contributed by atoms with Crippen LogP contribution in [0.4, 0.5) is 5.69 Å². The Morgan fingerprint density at radius 3 is 2.46 bits per heavy atom. The molecule has 5 nitrogen and oxygen atoms in total. The van der Waals surface area contributed by atoms with Crippen LogP contribution in [0.15, 0.2) is 47.5 Å². The molecule has 1 fully saturated rings. The average molecular weight is 536 g/mol. The summed E-state index contributed by atoms with van der Waals surface area (Å²) in [5.74, 6) is 1.14. The number of halogens is 3. The van der Waals surface area contributed by atoms with Gasteiger partial charge < -0.3 is 20.5 Å². The third-order valence-electron chi connectivity index (χ3n) is 4.87. The van der Waals surface area contributed by atoms with Crippen LogP contribution in [-0.2, 0) is 10.2 Å². The van der Waals surface area contributed by atoms with Gasteiger partial charge in [0.25, 0.3) is 0 Å². The first-order valence-electron chi connectivity index (χ1n) is 8.77. The SMILES string of the molecule is COc1ccc(NC(N)=NCC2(c3ccc(Cl)cc3Cl)CCOCC2)cc1.I. The van der Waals surface area contributed by atoms with Crippen LogP contribution in [0.25, 0.3) is 0 Å². The van der Waals surface area contributed by atoms with E-state index in [2.05, 4.69) is 10.3 Å². The van der Waals surface area contributed by atoms with Gasteiger partial charge in [-0.05, 0) is 54.8 Å². The second-order valence-corrected chi connectivity index (χ2v) is 7.42. The van der Waals surface area contributed by atoms with Crippen LogP contribution < -0.4 is 15.8 Å². The zero-order chi connectivity index (χ0) is 19.3. The van der Waals surface area contributed by atoms with Crippen molar-refractivity contribution >= 4 is 58.8 Å². The van der Waals surface area contributed by atoms with Crippen LogP contribution in [-0.4, -0.2) is 32.8 Å². The van der Waals surface area contributed by atoms with E-state index < -0.39 is 0 Å². The minimum Gasteiger partial charge on any atom is -0.497 e. The van der Waals surface area contributed by atoms with Gasteiger partial charge in [0, 0.05) is 34.4 Å². The van der Waals surface area contributed by atoms with Gasteiger partial charge in [0.15, 0.2) is 5.96 Å². The topological polar surface area (TPSA) is 68.9 Å². The number of benzene rings is 2. The first-order chi connectivity index (χ1) is 13.0. The van der Waals surface area contributed by atoms with Gasteiger partial charge in [0.1, 0.15) is 5.75 Å². The Morgan fingerprint density at radius 2 is 1.86 bits per heavy atom. The Morgan fingerprint density at radius 1 is 1.18 bits per heavy atom. The molecule has 1 heterocycles. The smallest absolute Gasteiger partial charge is 0.193 e. The van der Waals surface area contributed by atoms with Crippen molar-refractivity contribution in [2.75, 3.05) is 32.2 Å². The summed E-state index contributed by atoms with van der Waals surface area (Å²) in [5.41, 5.74) is 7.79. The number of hydrogen-bond acceptors (Lipinski definition) is 3. The van der Waals surface area contributed by atoms with Gasteiger partial charge in [0.05, 0.1) is 13.7 Å². The Hall–Kier alpha value is -1.22. The standard InChI is InChI=1S/C20H23Cl2N3O2.HI/c1-26-16-5-3-15(4-6-16)25-19(23)24-13-20(8-10-27-11-9-20)17-7-2-14(21)12-18(17)22;/h2-7,12H,8-11,13H2,1H3,(H3,23,24,25);1H. The number of guanidine groups is 1. The Balaban J connectivity index is 0.00000280. The molecule has 1 saturated heterocycles. The maximum atomic E-state index is 6.49. The number of aliphatic imine (C=N–C) groups is 1. The van der Waals surface area contributed by atoms with E-state index in [9.17, 15) is 0 Å². The van der Waals surface area contributed by atoms with Gasteiger partial charge in [-0.25, -0.2) is 0 Å². The molecule has 0 unspecified atom stereocenters. The molecule has 3 rings (SSSR count). The van der Waals surface area contributed by atoms with Crippen LogP contribution in [0, 0.1) is 0 Å². The van der Waals surface area contributed by atoms with E-state index in [0.29, 0.717) is 35.8 Å². The fourth-order valence-electron chi connectivity index (χ4n) is 3.29. The highest BCUT2D eigenvalue weighted by atomic mass is 127. The minimum absolute atomic E-state index is 0. The molecular weight excluding hydrogens is 512 g/mol. The molecule has 0 saturated carbocycles. The van der Waals surface area contributed by atoms with E-state index >= 15 is 0 Å². The number of nitrogens with zero attached hydrogens (tertiary/aromatic N) is 1. The van der Waals surface area contributed by atoms with Gasteiger partial charge in [-0.1, -0.05) is 29.3 Å². The molecule has 0 amide bonds. The summed E-state index contributed by atoms with van der Waals surface area (Å²) in [4.78, 5) is 4.60. The van der Waals surface area contributed by atoms with Crippen molar-refractivity contribution < 1.29 is 9.47 Å². The van der Waals surface area contributed by atoms with E-state index in [4.69, 9.17) is 38.4 Å². The zero-order valence-corrected chi connectivity index (χ0v) is 19.4. The van der Waals surface area contributed by atoms with Crippen LogP contribution in [0.3, 0.4) is 0 Å². The van der Waals surface area contributed by atoms with Crippen molar-refractivity contribution in [1.29, 1.82) is 0 Å². The van der Waals surface area contributed by atoms with E-state index in [0.717, 1.165) is 29.8 Å². The van der Waals surface area contributed by atoms with Crippen LogP contribution in [0.1, 0.15) is 18.4 Å². The molecule has 2 aromatic rings. The first kappa shape index (κ1) is 23.1. The van der Waals surface area contributed by atoms with Crippen LogP contribution in [0.2, 0.25) is 10.0 Å².